The van der Waals surface area contributed by atoms with Crippen molar-refractivity contribution in [2.24, 2.45) is 23.7 Å². The fraction of sp³-hybridized carbons (Fsp3) is 0.191. The van der Waals surface area contributed by atoms with Crippen LogP contribution in [0.25, 0.3) is 5.57 Å². The lowest BCUT2D eigenvalue weighted by molar-refractivity contribution is -0.135. The summed E-state index contributed by atoms with van der Waals surface area (Å²) in [5, 5.41) is 15.1. The van der Waals surface area contributed by atoms with Gasteiger partial charge in [0.15, 0.2) is 11.6 Å². The number of amides is 2. The first-order valence-corrected chi connectivity index (χ1v) is 18.6. The van der Waals surface area contributed by atoms with Crippen LogP contribution in [-0.2, 0) is 24.6 Å². The molecular weight excluding hydrogens is 689 g/mol. The van der Waals surface area contributed by atoms with Gasteiger partial charge < -0.3 is 15.2 Å². The number of aromatic hydroxyl groups is 1. The third kappa shape index (κ3) is 5.27. The number of carbonyl (C=O) groups excluding carboxylic acids is 4. The Bertz CT molecular complexity index is 2410. The van der Waals surface area contributed by atoms with Crippen LogP contribution in [0.4, 0.5) is 17.1 Å². The van der Waals surface area contributed by atoms with Crippen molar-refractivity contribution in [3.63, 3.8) is 0 Å². The zero-order chi connectivity index (χ0) is 37.8. The molecule has 9 rings (SSSR count). The molecule has 8 nitrogen and oxygen atoms in total. The monoisotopic (exact) mass is 726 g/mol. The number of allylic oxidation sites excluding steroid dienone is 4. The van der Waals surface area contributed by atoms with Gasteiger partial charge in [-0.25, -0.2) is 0 Å². The number of phenolic OH excluding ortho intramolecular Hbond substituents is 1. The summed E-state index contributed by atoms with van der Waals surface area (Å²) in [5.41, 5.74) is 3.41. The first-order valence-electron chi connectivity index (χ1n) is 18.6. The fourth-order valence-corrected chi connectivity index (χ4v) is 9.83. The molecule has 272 valence electrons. The van der Waals surface area contributed by atoms with Gasteiger partial charge in [0.2, 0.25) is 11.8 Å². The number of methoxy groups -OCH3 is 1. The van der Waals surface area contributed by atoms with Gasteiger partial charge in [0.05, 0.1) is 30.0 Å². The number of rotatable bonds is 7. The van der Waals surface area contributed by atoms with Crippen LogP contribution in [0.3, 0.4) is 0 Å². The maximum Gasteiger partial charge on any atom is 0.238 e. The number of hydrogen-bond acceptors (Lipinski definition) is 7. The van der Waals surface area contributed by atoms with E-state index in [2.05, 4.69) is 5.32 Å². The number of phenols is 1. The molecule has 1 heterocycles. The van der Waals surface area contributed by atoms with Gasteiger partial charge in [-0.3, -0.25) is 24.1 Å². The van der Waals surface area contributed by atoms with Crippen molar-refractivity contribution in [1.29, 1.82) is 0 Å². The molecule has 55 heavy (non-hydrogen) atoms. The molecule has 1 aliphatic heterocycles. The van der Waals surface area contributed by atoms with Crippen LogP contribution in [0.15, 0.2) is 151 Å². The van der Waals surface area contributed by atoms with Crippen LogP contribution in [0, 0.1) is 23.7 Å². The van der Waals surface area contributed by atoms with Crippen molar-refractivity contribution >= 4 is 46.0 Å². The minimum absolute atomic E-state index is 0.0835. The zero-order valence-corrected chi connectivity index (χ0v) is 30.1. The third-order valence-corrected chi connectivity index (χ3v) is 12.1. The molecule has 2 fully saturated rings. The highest BCUT2D eigenvalue weighted by Crippen LogP contribution is 2.65. The summed E-state index contributed by atoms with van der Waals surface area (Å²) in [7, 11) is 1.51. The van der Waals surface area contributed by atoms with E-state index in [1.54, 1.807) is 30.3 Å². The van der Waals surface area contributed by atoms with Gasteiger partial charge >= 0.3 is 0 Å². The number of anilines is 3. The number of Topliss-reactive ketones (excluding diaryl/α,β-unsaturated/α-hetero) is 1. The SMILES string of the molecule is COc1cccc(O)c1[C@H]1C2=CC[C@@H]3C(=O)N(c4ccc(Nc5ccccc5)cc4)C(=O)[C@@H]3[C@@H]2C[C@H]2C(=O)C(c3ccccc3)=CC(=O)[C@@]12c1ccccc1. The van der Waals surface area contributed by atoms with E-state index in [4.69, 9.17) is 4.74 Å². The lowest BCUT2D eigenvalue weighted by atomic mass is 9.44. The van der Waals surface area contributed by atoms with Gasteiger partial charge in [-0.1, -0.05) is 96.6 Å². The number of ketones is 2. The molecule has 2 N–H and O–H groups in total. The van der Waals surface area contributed by atoms with E-state index in [0.29, 0.717) is 33.7 Å². The Morgan fingerprint density at radius 3 is 2.07 bits per heavy atom. The number of hydrogen-bond donors (Lipinski definition) is 2. The lowest BCUT2D eigenvalue weighted by Gasteiger charge is -2.55. The van der Waals surface area contributed by atoms with Crippen molar-refractivity contribution < 1.29 is 29.0 Å². The average Bonchev–Trinajstić information content (AvgIpc) is 3.48. The van der Waals surface area contributed by atoms with Crippen molar-refractivity contribution in [1.82, 2.24) is 0 Å². The second kappa shape index (κ2) is 13.4. The molecule has 8 heteroatoms. The Hall–Kier alpha value is -6.54. The van der Waals surface area contributed by atoms with Gasteiger partial charge in [-0.2, -0.15) is 0 Å². The highest BCUT2D eigenvalue weighted by atomic mass is 16.5. The molecule has 4 aliphatic rings. The molecule has 0 spiro atoms. The Labute approximate surface area is 318 Å². The second-order valence-electron chi connectivity index (χ2n) is 14.7. The number of benzene rings is 5. The van der Waals surface area contributed by atoms with E-state index in [0.717, 1.165) is 16.9 Å². The molecule has 0 aromatic heterocycles. The summed E-state index contributed by atoms with van der Waals surface area (Å²) in [6, 6.07) is 40.4. The van der Waals surface area contributed by atoms with Gasteiger partial charge in [-0.15, -0.1) is 0 Å². The summed E-state index contributed by atoms with van der Waals surface area (Å²) in [4.78, 5) is 60.8. The van der Waals surface area contributed by atoms with Crippen molar-refractivity contribution in [3.8, 4) is 11.5 Å². The van der Waals surface area contributed by atoms with E-state index in [-0.39, 0.29) is 42.0 Å². The Morgan fingerprint density at radius 2 is 1.38 bits per heavy atom. The first kappa shape index (κ1) is 34.2. The number of fused-ring (bicyclic) bond motifs is 4. The van der Waals surface area contributed by atoms with Crippen molar-refractivity contribution in [2.75, 3.05) is 17.3 Å². The van der Waals surface area contributed by atoms with E-state index in [1.807, 2.05) is 109 Å². The molecule has 3 aliphatic carbocycles. The molecule has 1 saturated carbocycles. The predicted octanol–water partition coefficient (Wildman–Crippen LogP) is 8.17. The maximum atomic E-state index is 15.3. The van der Waals surface area contributed by atoms with Gasteiger partial charge in [0.25, 0.3) is 0 Å². The van der Waals surface area contributed by atoms with Crippen LogP contribution >= 0.6 is 0 Å². The molecule has 5 aromatic carbocycles. The van der Waals surface area contributed by atoms with Gasteiger partial charge in [0, 0.05) is 34.3 Å². The molecule has 0 bridgehead atoms. The standard InChI is InChI=1S/C47H38N2O6/c1-55-39-19-11-18-38(50)42(39)43-33-24-25-34-41(46(54)49(45(34)53)32-22-20-31(21-23-32)48-30-16-9-4-10-17-30)36(33)26-37-44(52)35(28-12-5-2-6-13-28)27-40(51)47(37,43)29-14-7-3-8-15-29/h2-24,27,34,36-37,41,43,48,50H,25-26H2,1H3/t34-,36+,37-,41-,43+,47-/m0/s1. The zero-order valence-electron chi connectivity index (χ0n) is 30.1. The Morgan fingerprint density at radius 1 is 0.727 bits per heavy atom. The average molecular weight is 727 g/mol. The normalized spacial score (nSPS) is 25.7. The highest BCUT2D eigenvalue weighted by molar-refractivity contribution is 6.32. The Kier molecular flexibility index (Phi) is 8.34. The lowest BCUT2D eigenvalue weighted by Crippen LogP contribution is -2.58. The number of nitrogens with one attached hydrogen (secondary N) is 1. The molecule has 0 unspecified atom stereocenters. The number of carbonyl (C=O) groups is 4. The van der Waals surface area contributed by atoms with Crippen molar-refractivity contribution in [2.45, 2.75) is 24.2 Å². The smallest absolute Gasteiger partial charge is 0.238 e. The fourth-order valence-electron chi connectivity index (χ4n) is 9.83. The molecular formula is C47H38N2O6. The minimum atomic E-state index is -1.48. The maximum absolute atomic E-state index is 15.3. The van der Waals surface area contributed by atoms with Crippen molar-refractivity contribution in [3.05, 3.63) is 168 Å². The van der Waals surface area contributed by atoms with Crippen LogP contribution in [-0.4, -0.2) is 35.6 Å². The predicted molar refractivity (Wildman–Crippen MR) is 210 cm³/mol. The van der Waals surface area contributed by atoms with Gasteiger partial charge in [-0.05, 0) is 84.5 Å². The molecule has 5 aromatic rings. The van der Waals surface area contributed by atoms with Crippen LogP contribution in [0.1, 0.15) is 35.4 Å². The summed E-state index contributed by atoms with van der Waals surface area (Å²) in [5.74, 6) is -4.67. The number of para-hydroxylation sites is 1. The summed E-state index contributed by atoms with van der Waals surface area (Å²) >= 11 is 0. The van der Waals surface area contributed by atoms with E-state index in [1.165, 1.54) is 18.1 Å². The first-order chi connectivity index (χ1) is 26.8. The third-order valence-electron chi connectivity index (χ3n) is 12.1. The second-order valence-corrected chi connectivity index (χ2v) is 14.7. The number of imide groups is 1. The molecule has 6 atom stereocenters. The summed E-state index contributed by atoms with van der Waals surface area (Å²) in [6.45, 7) is 0. The quantitative estimate of drug-likeness (QED) is 0.129. The van der Waals surface area contributed by atoms with Crippen LogP contribution < -0.4 is 15.0 Å². The van der Waals surface area contributed by atoms with Crippen LogP contribution in [0.2, 0.25) is 0 Å². The van der Waals surface area contributed by atoms with Crippen LogP contribution in [0.5, 0.6) is 11.5 Å². The van der Waals surface area contributed by atoms with E-state index >= 15 is 9.59 Å². The minimum Gasteiger partial charge on any atom is -0.508 e. The molecule has 0 radical (unpaired) electrons. The summed E-state index contributed by atoms with van der Waals surface area (Å²) < 4.78 is 5.89. The molecule has 2 amide bonds. The van der Waals surface area contributed by atoms with E-state index < -0.39 is 35.0 Å². The van der Waals surface area contributed by atoms with E-state index in [9.17, 15) is 14.7 Å². The largest absolute Gasteiger partial charge is 0.508 e. The highest BCUT2D eigenvalue weighted by Gasteiger charge is 2.66. The number of ether oxygens (including phenoxy) is 1. The topological polar surface area (TPSA) is 113 Å². The number of nitrogens with zero attached hydrogens (tertiary/aromatic N) is 1. The molecule has 1 saturated heterocycles. The summed E-state index contributed by atoms with van der Waals surface area (Å²) in [6.07, 6.45) is 3.88. The Balaban J connectivity index is 1.19. The van der Waals surface area contributed by atoms with Gasteiger partial charge in [0.1, 0.15) is 11.5 Å².